The van der Waals surface area contributed by atoms with E-state index in [0.717, 1.165) is 29.7 Å². The van der Waals surface area contributed by atoms with Crippen molar-refractivity contribution in [1.82, 2.24) is 0 Å². The minimum Gasteiger partial charge on any atom is -0.490 e. The van der Waals surface area contributed by atoms with Crippen LogP contribution in [0.4, 0.5) is 0 Å². The van der Waals surface area contributed by atoms with E-state index >= 15 is 0 Å². The molecule has 1 atom stereocenters. The summed E-state index contributed by atoms with van der Waals surface area (Å²) in [6.07, 6.45) is 2.18. The SMILES string of the molecule is CCCC(C)Oc1ccccc1-c1ccccc1B(O)O. The van der Waals surface area contributed by atoms with Crippen molar-refractivity contribution in [1.29, 1.82) is 0 Å². The van der Waals surface area contributed by atoms with Gasteiger partial charge in [-0.15, -0.1) is 0 Å². The molecule has 0 aromatic heterocycles. The van der Waals surface area contributed by atoms with Crippen molar-refractivity contribution in [3.8, 4) is 16.9 Å². The lowest BCUT2D eigenvalue weighted by molar-refractivity contribution is 0.211. The number of benzene rings is 2. The van der Waals surface area contributed by atoms with E-state index in [1.54, 1.807) is 12.1 Å². The lowest BCUT2D eigenvalue weighted by Gasteiger charge is -2.18. The van der Waals surface area contributed by atoms with Gasteiger partial charge in [0.15, 0.2) is 0 Å². The first-order valence-corrected chi connectivity index (χ1v) is 7.34. The Labute approximate surface area is 126 Å². The van der Waals surface area contributed by atoms with Crippen molar-refractivity contribution in [2.45, 2.75) is 32.8 Å². The molecule has 110 valence electrons. The summed E-state index contributed by atoms with van der Waals surface area (Å²) in [6.45, 7) is 4.18. The number of ether oxygens (including phenoxy) is 1. The standard InChI is InChI=1S/C17H21BO3/c1-3-8-13(2)21-17-12-7-5-10-15(17)14-9-4-6-11-16(14)18(19)20/h4-7,9-13,19-20H,3,8H2,1-2H3. The largest absolute Gasteiger partial charge is 0.490 e. The van der Waals surface area contributed by atoms with Crippen LogP contribution in [0, 0.1) is 0 Å². The zero-order valence-corrected chi connectivity index (χ0v) is 12.5. The van der Waals surface area contributed by atoms with E-state index in [1.165, 1.54) is 0 Å². The molecule has 0 aliphatic heterocycles. The summed E-state index contributed by atoms with van der Waals surface area (Å²) in [6, 6.07) is 15.0. The van der Waals surface area contributed by atoms with Crippen LogP contribution in [0.1, 0.15) is 26.7 Å². The van der Waals surface area contributed by atoms with Crippen LogP contribution in [0.3, 0.4) is 0 Å². The first-order valence-electron chi connectivity index (χ1n) is 7.34. The van der Waals surface area contributed by atoms with Crippen LogP contribution in [-0.4, -0.2) is 23.3 Å². The van der Waals surface area contributed by atoms with Crippen molar-refractivity contribution in [2.75, 3.05) is 0 Å². The van der Waals surface area contributed by atoms with Gasteiger partial charge in [-0.25, -0.2) is 0 Å². The predicted molar refractivity (Wildman–Crippen MR) is 86.7 cm³/mol. The van der Waals surface area contributed by atoms with E-state index in [0.29, 0.717) is 5.46 Å². The first kappa shape index (κ1) is 15.6. The zero-order chi connectivity index (χ0) is 15.2. The molecule has 0 bridgehead atoms. The van der Waals surface area contributed by atoms with E-state index in [4.69, 9.17) is 4.74 Å². The van der Waals surface area contributed by atoms with Crippen molar-refractivity contribution in [3.05, 3.63) is 48.5 Å². The van der Waals surface area contributed by atoms with Crippen molar-refractivity contribution in [2.24, 2.45) is 0 Å². The first-order chi connectivity index (χ1) is 10.1. The van der Waals surface area contributed by atoms with Crippen LogP contribution >= 0.6 is 0 Å². The van der Waals surface area contributed by atoms with Gasteiger partial charge in [-0.3, -0.25) is 0 Å². The Hall–Kier alpha value is -1.78. The Morgan fingerprint density at radius 2 is 1.62 bits per heavy atom. The van der Waals surface area contributed by atoms with Gasteiger partial charge in [0.1, 0.15) is 5.75 Å². The second-order valence-electron chi connectivity index (χ2n) is 5.17. The second kappa shape index (κ2) is 7.30. The fourth-order valence-corrected chi connectivity index (χ4v) is 2.44. The van der Waals surface area contributed by atoms with Crippen LogP contribution in [-0.2, 0) is 0 Å². The fraction of sp³-hybridized carbons (Fsp3) is 0.294. The third kappa shape index (κ3) is 3.87. The smallest absolute Gasteiger partial charge is 0.489 e. The zero-order valence-electron chi connectivity index (χ0n) is 12.5. The van der Waals surface area contributed by atoms with Crippen molar-refractivity contribution >= 4 is 12.6 Å². The highest BCUT2D eigenvalue weighted by Crippen LogP contribution is 2.30. The Kier molecular flexibility index (Phi) is 5.42. The topological polar surface area (TPSA) is 49.7 Å². The minimum absolute atomic E-state index is 0.127. The van der Waals surface area contributed by atoms with Gasteiger partial charge in [0.2, 0.25) is 0 Å². The average molecular weight is 284 g/mol. The lowest BCUT2D eigenvalue weighted by atomic mass is 9.75. The molecule has 0 aliphatic rings. The maximum Gasteiger partial charge on any atom is 0.489 e. The van der Waals surface area contributed by atoms with Crippen molar-refractivity contribution < 1.29 is 14.8 Å². The summed E-state index contributed by atoms with van der Waals surface area (Å²) in [4.78, 5) is 0. The van der Waals surface area contributed by atoms with Crippen LogP contribution in [0.25, 0.3) is 11.1 Å². The molecule has 0 heterocycles. The molecule has 0 amide bonds. The number of para-hydroxylation sites is 1. The van der Waals surface area contributed by atoms with Crippen LogP contribution in [0.5, 0.6) is 5.75 Å². The number of hydrogen-bond acceptors (Lipinski definition) is 3. The van der Waals surface area contributed by atoms with E-state index in [9.17, 15) is 10.0 Å². The Morgan fingerprint density at radius 3 is 2.29 bits per heavy atom. The molecule has 2 aromatic carbocycles. The molecule has 0 aliphatic carbocycles. The second-order valence-corrected chi connectivity index (χ2v) is 5.17. The average Bonchev–Trinajstić information content (AvgIpc) is 2.48. The van der Waals surface area contributed by atoms with Gasteiger partial charge in [0.05, 0.1) is 6.10 Å². The van der Waals surface area contributed by atoms with Gasteiger partial charge in [-0.1, -0.05) is 55.8 Å². The van der Waals surface area contributed by atoms with Gasteiger partial charge in [-0.2, -0.15) is 0 Å². The van der Waals surface area contributed by atoms with E-state index in [-0.39, 0.29) is 6.10 Å². The Balaban J connectivity index is 2.41. The van der Waals surface area contributed by atoms with Gasteiger partial charge in [0, 0.05) is 5.56 Å². The molecule has 2 rings (SSSR count). The molecule has 3 nitrogen and oxygen atoms in total. The molecule has 1 unspecified atom stereocenters. The van der Waals surface area contributed by atoms with Gasteiger partial charge < -0.3 is 14.8 Å². The highest BCUT2D eigenvalue weighted by Gasteiger charge is 2.18. The van der Waals surface area contributed by atoms with Crippen LogP contribution in [0.15, 0.2) is 48.5 Å². The summed E-state index contributed by atoms with van der Waals surface area (Å²) in [5, 5.41) is 19.1. The van der Waals surface area contributed by atoms with Gasteiger partial charge >= 0.3 is 7.12 Å². The fourth-order valence-electron chi connectivity index (χ4n) is 2.44. The molecular formula is C17H21BO3. The van der Waals surface area contributed by atoms with Crippen LogP contribution < -0.4 is 10.2 Å². The molecule has 21 heavy (non-hydrogen) atoms. The Morgan fingerprint density at radius 1 is 1.00 bits per heavy atom. The molecular weight excluding hydrogens is 263 g/mol. The highest BCUT2D eigenvalue weighted by molar-refractivity contribution is 6.60. The van der Waals surface area contributed by atoms with E-state index in [2.05, 4.69) is 6.92 Å². The molecule has 0 saturated heterocycles. The molecule has 0 fully saturated rings. The summed E-state index contributed by atoms with van der Waals surface area (Å²) in [5.41, 5.74) is 2.15. The molecule has 2 aromatic rings. The quantitative estimate of drug-likeness (QED) is 0.802. The molecule has 0 saturated carbocycles. The maximum atomic E-state index is 9.54. The number of rotatable bonds is 6. The van der Waals surface area contributed by atoms with Crippen molar-refractivity contribution in [3.63, 3.8) is 0 Å². The summed E-state index contributed by atoms with van der Waals surface area (Å²) >= 11 is 0. The molecule has 4 heteroatoms. The molecule has 0 radical (unpaired) electrons. The van der Waals surface area contributed by atoms with E-state index < -0.39 is 7.12 Å². The van der Waals surface area contributed by atoms with Gasteiger partial charge in [0.25, 0.3) is 0 Å². The number of hydrogen-bond donors (Lipinski definition) is 2. The monoisotopic (exact) mass is 284 g/mol. The molecule has 2 N–H and O–H groups in total. The Bertz CT molecular complexity index is 584. The minimum atomic E-state index is -1.50. The summed E-state index contributed by atoms with van der Waals surface area (Å²) in [5.74, 6) is 0.770. The maximum absolute atomic E-state index is 9.54. The highest BCUT2D eigenvalue weighted by atomic mass is 16.5. The normalized spacial score (nSPS) is 12.0. The van der Waals surface area contributed by atoms with Crippen LogP contribution in [0.2, 0.25) is 0 Å². The third-order valence-corrected chi connectivity index (χ3v) is 3.44. The third-order valence-electron chi connectivity index (χ3n) is 3.44. The summed E-state index contributed by atoms with van der Waals surface area (Å²) in [7, 11) is -1.50. The van der Waals surface area contributed by atoms with E-state index in [1.807, 2.05) is 43.3 Å². The lowest BCUT2D eigenvalue weighted by Crippen LogP contribution is -2.31. The molecule has 0 spiro atoms. The summed E-state index contributed by atoms with van der Waals surface area (Å²) < 4.78 is 6.01. The van der Waals surface area contributed by atoms with Gasteiger partial charge in [-0.05, 0) is 30.4 Å². The predicted octanol–water partition coefficient (Wildman–Crippen LogP) is 2.60.